The maximum atomic E-state index is 13.6. The Balaban J connectivity index is 3.70. The van der Waals surface area contributed by atoms with Gasteiger partial charge in [-0.05, 0) is 6.92 Å². The minimum atomic E-state index is -8.57. The Morgan fingerprint density at radius 2 is 0.938 bits per heavy atom. The van der Waals surface area contributed by atoms with Gasteiger partial charge in [-0.3, -0.25) is 4.57 Å². The molecule has 1 aromatic heterocycles. The molecule has 1 unspecified atom stereocenters. The molecule has 188 valence electrons. The summed E-state index contributed by atoms with van der Waals surface area (Å²) in [4.78, 5) is 2.64. The van der Waals surface area contributed by atoms with Crippen molar-refractivity contribution in [3.05, 3.63) is 18.7 Å². The van der Waals surface area contributed by atoms with Crippen LogP contribution in [0.1, 0.15) is 6.92 Å². The van der Waals surface area contributed by atoms with Crippen molar-refractivity contribution in [1.82, 2.24) is 9.55 Å². The molecule has 0 spiro atoms. The van der Waals surface area contributed by atoms with Crippen LogP contribution in [0.15, 0.2) is 18.7 Å². The largest absolute Gasteiger partial charge is 0.399 e. The fourth-order valence-electron chi connectivity index (χ4n) is 2.02. The molecule has 19 heteroatoms. The number of imidazole rings is 1. The Labute approximate surface area is 165 Å². The zero-order chi connectivity index (χ0) is 26.0. The normalized spacial score (nSPS) is 16.9. The van der Waals surface area contributed by atoms with Gasteiger partial charge in [0.1, 0.15) is 0 Å². The average molecular weight is 514 g/mol. The van der Waals surface area contributed by atoms with E-state index in [4.69, 9.17) is 0 Å². The molecule has 1 rings (SSSR count). The second-order valence-corrected chi connectivity index (χ2v) is 6.20. The van der Waals surface area contributed by atoms with Gasteiger partial charge in [0.15, 0.2) is 6.17 Å². The number of halogens is 17. The molecular weight excluding hydrogens is 507 g/mol. The fourth-order valence-corrected chi connectivity index (χ4v) is 2.02. The Hall–Kier alpha value is -1.98. The summed E-state index contributed by atoms with van der Waals surface area (Å²) in [6, 6.07) is -6.62. The minimum absolute atomic E-state index is 0.170. The van der Waals surface area contributed by atoms with Crippen molar-refractivity contribution in [1.29, 1.82) is 0 Å². The van der Waals surface area contributed by atoms with Gasteiger partial charge < -0.3 is 0 Å². The van der Waals surface area contributed by atoms with E-state index in [1.165, 1.54) is 0 Å². The number of rotatable bonds is 9. The number of hydrogen-bond donors (Lipinski definition) is 0. The molecule has 0 aliphatic carbocycles. The molecule has 32 heavy (non-hydrogen) atoms. The van der Waals surface area contributed by atoms with Gasteiger partial charge in [-0.1, -0.05) is 0 Å². The van der Waals surface area contributed by atoms with Crippen LogP contribution < -0.4 is 0 Å². The maximum absolute atomic E-state index is 13.6. The number of hydrogen-bond acceptors (Lipinski definition) is 1. The summed E-state index contributed by atoms with van der Waals surface area (Å²) in [6.45, 7) is -0.644. The van der Waals surface area contributed by atoms with Crippen molar-refractivity contribution in [3.8, 4) is 0 Å². The first-order valence-corrected chi connectivity index (χ1v) is 7.45. The molecule has 0 N–H and O–H groups in total. The average Bonchev–Trinajstić information content (AvgIpc) is 3.15. The lowest BCUT2D eigenvalue weighted by Crippen LogP contribution is -2.75. The predicted molar refractivity (Wildman–Crippen MR) is 67.6 cm³/mol. The fraction of sp³-hybridized carbons (Fsp3) is 0.769. The number of aromatic nitrogens is 2. The van der Waals surface area contributed by atoms with E-state index in [0.29, 0.717) is 0 Å². The summed E-state index contributed by atoms with van der Waals surface area (Å²) in [5.41, 5.74) is 0. The Morgan fingerprint density at radius 3 is 1.25 bits per heavy atom. The number of nitrogens with zero attached hydrogens (tertiary/aromatic N) is 2. The Kier molecular flexibility index (Phi) is 6.36. The molecule has 1 heterocycles. The van der Waals surface area contributed by atoms with Gasteiger partial charge in [0.2, 0.25) is 0 Å². The molecule has 0 aliphatic heterocycles. The van der Waals surface area contributed by atoms with E-state index in [1.54, 1.807) is 0 Å². The topological polar surface area (TPSA) is 17.8 Å². The first-order chi connectivity index (χ1) is 13.8. The highest BCUT2D eigenvalue weighted by molar-refractivity contribution is 5.16. The van der Waals surface area contributed by atoms with E-state index in [-0.39, 0.29) is 12.4 Å². The quantitative estimate of drug-likeness (QED) is 0.357. The van der Waals surface area contributed by atoms with E-state index in [0.717, 1.165) is 0 Å². The highest BCUT2D eigenvalue weighted by Crippen LogP contribution is 2.64. The van der Waals surface area contributed by atoms with Gasteiger partial charge in [0, 0.05) is 12.4 Å². The van der Waals surface area contributed by atoms with Crippen LogP contribution in [0, 0.1) is 0 Å². The van der Waals surface area contributed by atoms with Crippen LogP contribution in [0.3, 0.4) is 0 Å². The minimum Gasteiger partial charge on any atom is -0.272 e. The van der Waals surface area contributed by atoms with Gasteiger partial charge in [0.05, 0.1) is 6.33 Å². The van der Waals surface area contributed by atoms with Crippen molar-refractivity contribution < 1.29 is 74.6 Å². The first kappa shape index (κ1) is 28.1. The Morgan fingerprint density at radius 1 is 0.594 bits per heavy atom. The van der Waals surface area contributed by atoms with E-state index >= 15 is 0 Å². The summed E-state index contributed by atoms with van der Waals surface area (Å²) in [6.07, 6.45) is -5.03. The standard InChI is InChI=1S/C13H7F17N2/c1-5(14)6(15,16)7(17,18)8(19,20)9(21,22)10(23,24)11(25,26)12(27,28)13(29,30)32-3-2-31-4-32/h2-5H,1H3. The lowest BCUT2D eigenvalue weighted by molar-refractivity contribution is -0.461. The van der Waals surface area contributed by atoms with Gasteiger partial charge in [-0.25, -0.2) is 9.37 Å². The highest BCUT2D eigenvalue weighted by Gasteiger charge is 2.95. The SMILES string of the molecule is CC(F)C(F)(F)C(F)(F)C(F)(F)C(F)(F)C(F)(F)C(F)(F)C(F)(F)C(F)(F)n1ccnc1. The molecule has 0 fully saturated rings. The van der Waals surface area contributed by atoms with Crippen LogP contribution in [0.5, 0.6) is 0 Å². The van der Waals surface area contributed by atoms with Gasteiger partial charge in [0.25, 0.3) is 0 Å². The van der Waals surface area contributed by atoms with Crippen molar-refractivity contribution in [2.75, 3.05) is 0 Å². The molecule has 0 aliphatic rings. The van der Waals surface area contributed by atoms with Crippen LogP contribution in [0.4, 0.5) is 74.6 Å². The highest BCUT2D eigenvalue weighted by atomic mass is 19.4. The molecule has 1 atom stereocenters. The molecule has 0 aromatic carbocycles. The summed E-state index contributed by atoms with van der Waals surface area (Å²) in [5, 5.41) is 0. The molecule has 0 amide bonds. The lowest BCUT2D eigenvalue weighted by atomic mass is 9.88. The van der Waals surface area contributed by atoms with Gasteiger partial charge in [-0.15, -0.1) is 0 Å². The summed E-state index contributed by atoms with van der Waals surface area (Å²) in [7, 11) is 0. The van der Waals surface area contributed by atoms with Crippen molar-refractivity contribution in [3.63, 3.8) is 0 Å². The maximum Gasteiger partial charge on any atom is 0.399 e. The molecule has 2 nitrogen and oxygen atoms in total. The zero-order valence-electron chi connectivity index (χ0n) is 14.6. The van der Waals surface area contributed by atoms with E-state index in [9.17, 15) is 74.6 Å². The molecule has 0 saturated heterocycles. The van der Waals surface area contributed by atoms with Gasteiger partial charge >= 0.3 is 47.5 Å². The van der Waals surface area contributed by atoms with Crippen LogP contribution in [0.2, 0.25) is 0 Å². The van der Waals surface area contributed by atoms with E-state index in [2.05, 4.69) is 4.98 Å². The van der Waals surface area contributed by atoms with Crippen LogP contribution >= 0.6 is 0 Å². The van der Waals surface area contributed by atoms with Gasteiger partial charge in [-0.2, -0.15) is 70.2 Å². The van der Waals surface area contributed by atoms with Crippen LogP contribution in [0.25, 0.3) is 0 Å². The first-order valence-electron chi connectivity index (χ1n) is 7.45. The molecular formula is C13H7F17N2. The second kappa shape index (κ2) is 7.26. The van der Waals surface area contributed by atoms with Crippen molar-refractivity contribution in [2.24, 2.45) is 0 Å². The summed E-state index contributed by atoms with van der Waals surface area (Å²) in [5.74, 6) is -56.4. The molecule has 1 aromatic rings. The van der Waals surface area contributed by atoms with Crippen molar-refractivity contribution in [2.45, 2.75) is 60.6 Å². The third-order valence-electron chi connectivity index (χ3n) is 4.10. The third kappa shape index (κ3) is 3.19. The summed E-state index contributed by atoms with van der Waals surface area (Å²) < 4.78 is 226. The second-order valence-electron chi connectivity index (χ2n) is 6.20. The van der Waals surface area contributed by atoms with E-state index in [1.807, 2.05) is 0 Å². The lowest BCUT2D eigenvalue weighted by Gasteiger charge is -2.43. The van der Waals surface area contributed by atoms with Crippen molar-refractivity contribution >= 4 is 0 Å². The van der Waals surface area contributed by atoms with E-state index < -0.39 is 71.5 Å². The zero-order valence-corrected chi connectivity index (χ0v) is 14.6. The molecule has 0 bridgehead atoms. The van der Waals surface area contributed by atoms with Crippen LogP contribution in [-0.4, -0.2) is 57.2 Å². The monoisotopic (exact) mass is 514 g/mol. The predicted octanol–water partition coefficient (Wildman–Crippen LogP) is 6.24. The molecule has 0 saturated carbocycles. The third-order valence-corrected chi connectivity index (χ3v) is 4.10. The smallest absolute Gasteiger partial charge is 0.272 e. The number of alkyl halides is 17. The molecule has 0 radical (unpaired) electrons. The van der Waals surface area contributed by atoms with Crippen LogP contribution in [-0.2, 0) is 6.05 Å². The summed E-state index contributed by atoms with van der Waals surface area (Å²) >= 11 is 0. The Bertz CT molecular complexity index is 795.